The average Bonchev–Trinajstić information content (AvgIpc) is 3.65. The highest BCUT2D eigenvalue weighted by atomic mass is 32.2. The molecule has 0 amide bonds. The number of aliphatic hydroxyl groups is 1. The molecular weight excluding hydrogens is 807 g/mol. The second kappa shape index (κ2) is 20.6. The van der Waals surface area contributed by atoms with Gasteiger partial charge in [0, 0.05) is 6.92 Å². The van der Waals surface area contributed by atoms with E-state index < -0.39 is 75.8 Å². The highest BCUT2D eigenvalue weighted by Crippen LogP contribution is 2.40. The Morgan fingerprint density at radius 1 is 0.508 bits per heavy atom. The first kappa shape index (κ1) is 44.8. The normalized spacial score (nSPS) is 23.3. The van der Waals surface area contributed by atoms with Crippen LogP contribution in [0, 0.1) is 27.7 Å². The molecule has 4 aromatic carbocycles. The monoisotopic (exact) mass is 850 g/mol. The largest absolute Gasteiger partial charge is 0.461 e. The van der Waals surface area contributed by atoms with Gasteiger partial charge >= 0.3 is 29.8 Å². The van der Waals surface area contributed by atoms with E-state index in [1.54, 1.807) is 97.1 Å². The third-order valence-corrected chi connectivity index (χ3v) is 11.9. The summed E-state index contributed by atoms with van der Waals surface area (Å²) < 4.78 is 55.7. The number of esters is 5. The summed E-state index contributed by atoms with van der Waals surface area (Å²) in [6.07, 6.45) is -5.97. The lowest BCUT2D eigenvalue weighted by atomic mass is 10.1. The number of hydrogen-bond acceptors (Lipinski definition) is 13. The zero-order valence-corrected chi connectivity index (χ0v) is 34.5. The van der Waals surface area contributed by atoms with Crippen LogP contribution in [0.5, 0.6) is 0 Å². The van der Waals surface area contributed by atoms with E-state index in [4.69, 9.17) is 23.7 Å². The van der Waals surface area contributed by atoms with E-state index in [-0.39, 0.29) is 18.8 Å². The van der Waals surface area contributed by atoms with Crippen molar-refractivity contribution in [2.75, 3.05) is 13.2 Å². The summed E-state index contributed by atoms with van der Waals surface area (Å²) in [4.78, 5) is 60.6. The molecule has 312 valence electrons. The number of benzene rings is 4. The summed E-state index contributed by atoms with van der Waals surface area (Å²) in [5, 5.41) is 8.39. The molecule has 0 bridgehead atoms. The van der Waals surface area contributed by atoms with Gasteiger partial charge in [-0.1, -0.05) is 70.8 Å². The predicted molar refractivity (Wildman–Crippen MR) is 218 cm³/mol. The van der Waals surface area contributed by atoms with E-state index in [9.17, 15) is 37.9 Å². The highest BCUT2D eigenvalue weighted by Gasteiger charge is 2.50. The maximum Gasteiger partial charge on any atom is 0.338 e. The van der Waals surface area contributed by atoms with Gasteiger partial charge in [0.25, 0.3) is 0 Å². The van der Waals surface area contributed by atoms with Crippen LogP contribution in [0.2, 0.25) is 0 Å². The smallest absolute Gasteiger partial charge is 0.338 e. The first-order valence-electron chi connectivity index (χ1n) is 18.6. The van der Waals surface area contributed by atoms with Crippen LogP contribution in [-0.2, 0) is 28.5 Å². The molecule has 0 aromatic heterocycles. The zero-order chi connectivity index (χ0) is 42.8. The molecule has 59 heavy (non-hydrogen) atoms. The van der Waals surface area contributed by atoms with E-state index in [0.717, 1.165) is 45.8 Å². The van der Waals surface area contributed by atoms with E-state index in [2.05, 4.69) is 0 Å². The lowest BCUT2D eigenvalue weighted by Crippen LogP contribution is -2.37. The number of ether oxygens (including phenoxy) is 5. The number of halogens is 2. The Bertz CT molecular complexity index is 2080. The fourth-order valence-corrected chi connectivity index (χ4v) is 8.33. The number of hydrogen-bond donors (Lipinski definition) is 1. The molecule has 2 aliphatic heterocycles. The number of alkyl halides is 2. The molecular formula is C44H44F2O11S2. The van der Waals surface area contributed by atoms with Crippen LogP contribution >= 0.6 is 23.5 Å². The Morgan fingerprint density at radius 2 is 0.831 bits per heavy atom. The van der Waals surface area contributed by atoms with Gasteiger partial charge in [-0.2, -0.15) is 0 Å². The number of aryl methyl sites for hydroxylation is 4. The molecule has 11 nitrogen and oxygen atoms in total. The van der Waals surface area contributed by atoms with Gasteiger partial charge in [0.15, 0.2) is 30.0 Å². The van der Waals surface area contributed by atoms with Gasteiger partial charge in [-0.25, -0.2) is 28.0 Å². The number of rotatable bonds is 11. The van der Waals surface area contributed by atoms with E-state index >= 15 is 0 Å². The number of aliphatic hydroxyl groups excluding tert-OH is 1. The summed E-state index contributed by atoms with van der Waals surface area (Å²) in [7, 11) is 0. The van der Waals surface area contributed by atoms with Crippen molar-refractivity contribution >= 4 is 53.4 Å². The second-order valence-electron chi connectivity index (χ2n) is 14.0. The molecule has 0 saturated carbocycles. The summed E-state index contributed by atoms with van der Waals surface area (Å²) in [6.45, 7) is 8.35. The first-order valence-corrected chi connectivity index (χ1v) is 20.5. The molecule has 0 aliphatic carbocycles. The molecule has 1 N–H and O–H groups in total. The standard InChI is InChI=1S/C23H23FO6S.C21H21FO5S/c1-13-4-8-16(9-5-13)21(26)28-12-18-20(19(24)23(31-18)29-15(3)25)30-22(27)17-10-6-14(2)7-11-17;1-12-3-7-14(8-4-12)19(23)26-11-16-18(17(22)21(25)28-16)27-20(24)15-9-5-13(2)6-10-15/h4-11,18-20,23H,12H2,1-3H3;3-10,16-18,21,25H,11H2,1-2H3/t18-,19+,20-,23-;16-,17+,18-,21?/m11/s1. The van der Waals surface area contributed by atoms with Gasteiger partial charge in [0.2, 0.25) is 0 Å². The molecule has 15 heteroatoms. The maximum atomic E-state index is 15.0. The first-order chi connectivity index (χ1) is 28.1. The maximum absolute atomic E-state index is 15.0. The Kier molecular flexibility index (Phi) is 15.7. The lowest BCUT2D eigenvalue weighted by Gasteiger charge is -2.20. The van der Waals surface area contributed by atoms with Crippen LogP contribution in [0.1, 0.15) is 70.6 Å². The summed E-state index contributed by atoms with van der Waals surface area (Å²) in [5.74, 6) is -3.17. The Morgan fingerprint density at radius 3 is 1.19 bits per heavy atom. The van der Waals surface area contributed by atoms with Gasteiger partial charge in [0.1, 0.15) is 18.6 Å². The fraction of sp³-hybridized carbons (Fsp3) is 0.341. The summed E-state index contributed by atoms with van der Waals surface area (Å²) in [5.41, 5.74) is 2.74. The second-order valence-corrected chi connectivity index (χ2v) is 16.7. The minimum Gasteiger partial charge on any atom is -0.461 e. The van der Waals surface area contributed by atoms with Gasteiger partial charge in [-0.05, 0) is 76.2 Å². The molecule has 8 atom stereocenters. The minimum atomic E-state index is -1.76. The molecule has 2 aliphatic rings. The van der Waals surface area contributed by atoms with Crippen LogP contribution < -0.4 is 0 Å². The van der Waals surface area contributed by atoms with Crippen molar-refractivity contribution in [1.29, 1.82) is 0 Å². The molecule has 2 saturated heterocycles. The van der Waals surface area contributed by atoms with Crippen LogP contribution in [0.15, 0.2) is 97.1 Å². The lowest BCUT2D eigenvalue weighted by molar-refractivity contribution is -0.145. The Hall–Kier alpha value is -5.25. The molecule has 2 fully saturated rings. The van der Waals surface area contributed by atoms with Crippen molar-refractivity contribution in [3.8, 4) is 0 Å². The predicted octanol–water partition coefficient (Wildman–Crippen LogP) is 7.49. The van der Waals surface area contributed by atoms with Crippen molar-refractivity contribution in [3.05, 3.63) is 142 Å². The third-order valence-electron chi connectivity index (χ3n) is 9.19. The molecule has 4 aromatic rings. The Balaban J connectivity index is 0.000000225. The molecule has 1 unspecified atom stereocenters. The molecule has 0 spiro atoms. The SMILES string of the molecule is CC(=O)O[C@@H]1S[C@H](COC(=O)c2ccc(C)cc2)[C@@H](OC(=O)c2ccc(C)cc2)[C@@H]1F.Cc1ccc(C(=O)OC[C@H]2SC(O)[C@@H](F)[C@@H]2OC(=O)c2ccc(C)cc2)cc1. The summed E-state index contributed by atoms with van der Waals surface area (Å²) >= 11 is 1.85. The number of carbonyl (C=O) groups excluding carboxylic acids is 5. The van der Waals surface area contributed by atoms with Gasteiger partial charge in [-0.3, -0.25) is 4.79 Å². The van der Waals surface area contributed by atoms with Gasteiger partial charge in [-0.15, -0.1) is 23.5 Å². The van der Waals surface area contributed by atoms with E-state index in [1.807, 2.05) is 27.7 Å². The van der Waals surface area contributed by atoms with Gasteiger partial charge in [0.05, 0.1) is 32.8 Å². The van der Waals surface area contributed by atoms with Crippen LogP contribution in [-0.4, -0.2) is 94.1 Å². The quantitative estimate of drug-likeness (QED) is 0.117. The zero-order valence-electron chi connectivity index (χ0n) is 32.9. The van der Waals surface area contributed by atoms with Crippen LogP contribution in [0.25, 0.3) is 0 Å². The molecule has 2 heterocycles. The van der Waals surface area contributed by atoms with Crippen LogP contribution in [0.4, 0.5) is 8.78 Å². The number of carbonyl (C=O) groups is 5. The fourth-order valence-electron chi connectivity index (χ4n) is 5.81. The van der Waals surface area contributed by atoms with Gasteiger partial charge < -0.3 is 28.8 Å². The summed E-state index contributed by atoms with van der Waals surface area (Å²) in [6, 6.07) is 27.0. The minimum absolute atomic E-state index is 0.180. The van der Waals surface area contributed by atoms with Crippen LogP contribution in [0.3, 0.4) is 0 Å². The molecule has 6 rings (SSSR count). The van der Waals surface area contributed by atoms with Crippen molar-refractivity contribution in [3.63, 3.8) is 0 Å². The van der Waals surface area contributed by atoms with Crippen molar-refractivity contribution in [2.24, 2.45) is 0 Å². The van der Waals surface area contributed by atoms with E-state index in [0.29, 0.717) is 16.7 Å². The van der Waals surface area contributed by atoms with Crippen molar-refractivity contribution in [2.45, 2.75) is 80.5 Å². The Labute approximate surface area is 349 Å². The average molecular weight is 851 g/mol. The van der Waals surface area contributed by atoms with Crippen molar-refractivity contribution in [1.82, 2.24) is 0 Å². The third kappa shape index (κ3) is 12.4. The topological polar surface area (TPSA) is 152 Å². The highest BCUT2D eigenvalue weighted by molar-refractivity contribution is 8.01. The van der Waals surface area contributed by atoms with E-state index in [1.165, 1.54) is 6.92 Å². The molecule has 0 radical (unpaired) electrons. The number of thioether (sulfide) groups is 2. The van der Waals surface area contributed by atoms with Crippen molar-refractivity contribution < 1.29 is 61.5 Å².